The normalized spacial score (nSPS) is 12.4. The van der Waals surface area contributed by atoms with E-state index in [-0.39, 0.29) is 6.61 Å². The van der Waals surface area contributed by atoms with Crippen molar-refractivity contribution >= 4 is 56.2 Å². The van der Waals surface area contributed by atoms with Crippen molar-refractivity contribution in [3.63, 3.8) is 0 Å². The Morgan fingerprint density at radius 2 is 2.05 bits per heavy atom. The molecule has 1 unspecified atom stereocenters. The number of hydrogen-bond acceptors (Lipinski definition) is 4. The third-order valence-corrected chi connectivity index (χ3v) is 4.56. The maximum absolute atomic E-state index is 9.90. The Kier molecular flexibility index (Phi) is 6.79. The van der Waals surface area contributed by atoms with Crippen molar-refractivity contribution < 1.29 is 9.84 Å². The minimum absolute atomic E-state index is 0.247. The highest BCUT2D eigenvalue weighted by atomic mass is 79.9. The average molecular weight is 411 g/mol. The van der Waals surface area contributed by atoms with Gasteiger partial charge in [-0.15, -0.1) is 11.3 Å². The molecule has 0 radical (unpaired) electrons. The van der Waals surface area contributed by atoms with E-state index in [4.69, 9.17) is 27.9 Å². The van der Waals surface area contributed by atoms with Crippen molar-refractivity contribution in [2.24, 2.45) is 0 Å². The number of nitrogens with one attached hydrogen (secondary N) is 1. The number of ether oxygens (including phenoxy) is 1. The molecule has 0 spiro atoms. The first-order valence-electron chi connectivity index (χ1n) is 6.23. The van der Waals surface area contributed by atoms with Crippen LogP contribution in [0.5, 0.6) is 0 Å². The van der Waals surface area contributed by atoms with E-state index >= 15 is 0 Å². The molecule has 0 aliphatic rings. The van der Waals surface area contributed by atoms with Gasteiger partial charge in [0.15, 0.2) is 0 Å². The summed E-state index contributed by atoms with van der Waals surface area (Å²) < 4.78 is 6.26. The second-order valence-corrected chi connectivity index (χ2v) is 7.14. The zero-order valence-corrected chi connectivity index (χ0v) is 14.9. The van der Waals surface area contributed by atoms with Crippen LogP contribution in [-0.4, -0.2) is 24.4 Å². The Balaban J connectivity index is 1.77. The topological polar surface area (TPSA) is 41.5 Å². The number of anilines is 1. The largest absolute Gasteiger partial charge is 0.389 e. The molecule has 21 heavy (non-hydrogen) atoms. The quantitative estimate of drug-likeness (QED) is 0.688. The van der Waals surface area contributed by atoms with E-state index in [2.05, 4.69) is 21.2 Å². The molecule has 0 aliphatic carbocycles. The van der Waals surface area contributed by atoms with Crippen molar-refractivity contribution in [2.75, 3.05) is 18.5 Å². The Bertz CT molecular complexity index is 557. The average Bonchev–Trinajstić information content (AvgIpc) is 2.90. The molecular formula is C14H14BrCl2NO2S. The fourth-order valence-electron chi connectivity index (χ4n) is 1.68. The van der Waals surface area contributed by atoms with Gasteiger partial charge in [0.05, 0.1) is 35.1 Å². The van der Waals surface area contributed by atoms with Crippen LogP contribution in [0.3, 0.4) is 0 Å². The van der Waals surface area contributed by atoms with Gasteiger partial charge in [0.1, 0.15) is 0 Å². The van der Waals surface area contributed by atoms with Gasteiger partial charge in [-0.2, -0.15) is 0 Å². The lowest BCUT2D eigenvalue weighted by Crippen LogP contribution is -2.25. The molecule has 7 heteroatoms. The zero-order valence-electron chi connectivity index (χ0n) is 11.0. The molecule has 0 amide bonds. The monoisotopic (exact) mass is 409 g/mol. The van der Waals surface area contributed by atoms with Crippen LogP contribution in [0.25, 0.3) is 0 Å². The molecule has 2 N–H and O–H groups in total. The highest BCUT2D eigenvalue weighted by Crippen LogP contribution is 2.33. The number of benzene rings is 1. The van der Waals surface area contributed by atoms with Gasteiger partial charge in [0.2, 0.25) is 0 Å². The Hall–Kier alpha value is -0.300. The summed E-state index contributed by atoms with van der Waals surface area (Å²) in [6.07, 6.45) is -0.638. The number of thiophene rings is 1. The highest BCUT2D eigenvalue weighted by molar-refractivity contribution is 9.10. The summed E-state index contributed by atoms with van der Waals surface area (Å²) >= 11 is 17.1. The first kappa shape index (κ1) is 17.1. The smallest absolute Gasteiger partial charge is 0.0945 e. The van der Waals surface area contributed by atoms with Crippen LogP contribution in [-0.2, 0) is 11.3 Å². The predicted octanol–water partition coefficient (Wildman–Crippen LogP) is 4.81. The molecule has 1 aromatic carbocycles. The molecule has 1 aromatic heterocycles. The van der Waals surface area contributed by atoms with Crippen LogP contribution in [0, 0.1) is 0 Å². The molecule has 0 saturated carbocycles. The maximum atomic E-state index is 9.90. The van der Waals surface area contributed by atoms with Crippen molar-refractivity contribution in [2.45, 2.75) is 12.7 Å². The standard InChI is InChI=1S/C14H14BrCl2NO2S/c15-9-4-12(16)14(13(17)5-9)18-6-10(19)7-20-8-11-2-1-3-21-11/h1-5,10,18-19H,6-8H2. The van der Waals surface area contributed by atoms with Gasteiger partial charge in [0.25, 0.3) is 0 Å². The van der Waals surface area contributed by atoms with E-state index in [1.807, 2.05) is 17.5 Å². The van der Waals surface area contributed by atoms with E-state index in [0.717, 1.165) is 9.35 Å². The third kappa shape index (κ3) is 5.43. The van der Waals surface area contributed by atoms with Crippen LogP contribution >= 0.6 is 50.5 Å². The minimum atomic E-state index is -0.638. The van der Waals surface area contributed by atoms with Crippen molar-refractivity contribution in [3.8, 4) is 0 Å². The number of rotatable bonds is 7. The van der Waals surface area contributed by atoms with Gasteiger partial charge >= 0.3 is 0 Å². The summed E-state index contributed by atoms with van der Waals surface area (Å²) in [6, 6.07) is 7.46. The fourth-order valence-corrected chi connectivity index (χ4v) is 3.66. The van der Waals surface area contributed by atoms with Gasteiger partial charge in [-0.1, -0.05) is 45.2 Å². The molecule has 2 aromatic rings. The van der Waals surface area contributed by atoms with Crippen molar-refractivity contribution in [1.82, 2.24) is 0 Å². The third-order valence-electron chi connectivity index (χ3n) is 2.66. The summed E-state index contributed by atoms with van der Waals surface area (Å²) in [4.78, 5) is 1.13. The number of hydrogen-bond donors (Lipinski definition) is 2. The van der Waals surface area contributed by atoms with E-state index in [1.54, 1.807) is 23.5 Å². The van der Waals surface area contributed by atoms with E-state index in [1.165, 1.54) is 0 Å². The summed E-state index contributed by atoms with van der Waals surface area (Å²) in [5, 5.41) is 15.9. The lowest BCUT2D eigenvalue weighted by Gasteiger charge is -2.15. The first-order chi connectivity index (χ1) is 10.1. The lowest BCUT2D eigenvalue weighted by molar-refractivity contribution is 0.0359. The molecule has 0 fully saturated rings. The van der Waals surface area contributed by atoms with Crippen LogP contribution in [0.2, 0.25) is 10.0 Å². The molecule has 3 nitrogen and oxygen atoms in total. The predicted molar refractivity (Wildman–Crippen MR) is 92.6 cm³/mol. The molecule has 1 atom stereocenters. The van der Waals surface area contributed by atoms with Crippen LogP contribution < -0.4 is 5.32 Å². The van der Waals surface area contributed by atoms with Crippen LogP contribution in [0.1, 0.15) is 4.88 Å². The second kappa shape index (κ2) is 8.36. The SMILES string of the molecule is OC(CNc1c(Cl)cc(Br)cc1Cl)COCc1cccs1. The van der Waals surface area contributed by atoms with Gasteiger partial charge in [-0.3, -0.25) is 0 Å². The van der Waals surface area contributed by atoms with Gasteiger partial charge in [-0.05, 0) is 23.6 Å². The van der Waals surface area contributed by atoms with Crippen LogP contribution in [0.15, 0.2) is 34.1 Å². The summed E-state index contributed by atoms with van der Waals surface area (Å²) in [6.45, 7) is 1.07. The number of aliphatic hydroxyl groups is 1. The molecule has 0 saturated heterocycles. The highest BCUT2D eigenvalue weighted by Gasteiger charge is 2.10. The number of halogens is 3. The lowest BCUT2D eigenvalue weighted by atomic mass is 10.3. The molecule has 0 aliphatic heterocycles. The summed E-state index contributed by atoms with van der Waals surface area (Å²) in [7, 11) is 0. The number of aliphatic hydroxyl groups excluding tert-OH is 1. The Morgan fingerprint density at radius 1 is 1.33 bits per heavy atom. The zero-order chi connectivity index (χ0) is 15.2. The summed E-state index contributed by atoms with van der Waals surface area (Å²) in [5.41, 5.74) is 0.610. The summed E-state index contributed by atoms with van der Waals surface area (Å²) in [5.74, 6) is 0. The minimum Gasteiger partial charge on any atom is -0.389 e. The Labute approximate surface area is 146 Å². The molecule has 2 rings (SSSR count). The van der Waals surface area contributed by atoms with Gasteiger partial charge < -0.3 is 15.2 Å². The Morgan fingerprint density at radius 3 is 2.67 bits per heavy atom. The van der Waals surface area contributed by atoms with Crippen LogP contribution in [0.4, 0.5) is 5.69 Å². The van der Waals surface area contributed by atoms with E-state index in [0.29, 0.717) is 28.9 Å². The van der Waals surface area contributed by atoms with E-state index < -0.39 is 6.10 Å². The van der Waals surface area contributed by atoms with Crippen molar-refractivity contribution in [3.05, 3.63) is 49.0 Å². The van der Waals surface area contributed by atoms with Gasteiger partial charge in [-0.25, -0.2) is 0 Å². The van der Waals surface area contributed by atoms with Gasteiger partial charge in [0, 0.05) is 15.9 Å². The van der Waals surface area contributed by atoms with E-state index in [9.17, 15) is 5.11 Å². The molecule has 1 heterocycles. The maximum Gasteiger partial charge on any atom is 0.0945 e. The first-order valence-corrected chi connectivity index (χ1v) is 8.65. The van der Waals surface area contributed by atoms with Crippen molar-refractivity contribution in [1.29, 1.82) is 0 Å². The molecule has 0 bridgehead atoms. The fraction of sp³-hybridized carbons (Fsp3) is 0.286. The second-order valence-electron chi connectivity index (χ2n) is 4.37. The molecule has 114 valence electrons. The molecular weight excluding hydrogens is 397 g/mol.